The van der Waals surface area contributed by atoms with E-state index in [9.17, 15) is 9.59 Å². The third-order valence-electron chi connectivity index (χ3n) is 3.98. The van der Waals surface area contributed by atoms with Crippen LogP contribution in [0.3, 0.4) is 0 Å². The molecule has 5 nitrogen and oxygen atoms in total. The van der Waals surface area contributed by atoms with Crippen LogP contribution in [0.4, 0.5) is 5.69 Å². The third-order valence-corrected chi connectivity index (χ3v) is 4.27. The van der Waals surface area contributed by atoms with Crippen LogP contribution in [0.15, 0.2) is 18.2 Å². The first kappa shape index (κ1) is 17.6. The molecule has 2 rings (SSSR count). The minimum Gasteiger partial charge on any atom is -0.495 e. The van der Waals surface area contributed by atoms with Crippen molar-refractivity contribution in [3.63, 3.8) is 0 Å². The molecule has 0 heterocycles. The van der Waals surface area contributed by atoms with Crippen molar-refractivity contribution in [1.82, 2.24) is 5.32 Å². The van der Waals surface area contributed by atoms with E-state index in [1.807, 2.05) is 0 Å². The average Bonchev–Trinajstić information content (AvgIpc) is 2.75. The molecule has 23 heavy (non-hydrogen) atoms. The van der Waals surface area contributed by atoms with E-state index in [-0.39, 0.29) is 24.3 Å². The first-order chi connectivity index (χ1) is 11.1. The van der Waals surface area contributed by atoms with Crippen LogP contribution in [0.25, 0.3) is 0 Å². The van der Waals surface area contributed by atoms with Crippen LogP contribution in [0, 0.1) is 0 Å². The summed E-state index contributed by atoms with van der Waals surface area (Å²) < 4.78 is 5.06. The van der Waals surface area contributed by atoms with E-state index in [1.54, 1.807) is 18.2 Å². The van der Waals surface area contributed by atoms with Crippen molar-refractivity contribution in [2.45, 2.75) is 51.0 Å². The summed E-state index contributed by atoms with van der Waals surface area (Å²) in [7, 11) is 1.53. The molecule has 0 spiro atoms. The van der Waals surface area contributed by atoms with Gasteiger partial charge in [-0.1, -0.05) is 37.3 Å². The highest BCUT2D eigenvalue weighted by atomic mass is 35.5. The van der Waals surface area contributed by atoms with Gasteiger partial charge in [-0.2, -0.15) is 0 Å². The third kappa shape index (κ3) is 5.75. The molecule has 0 bridgehead atoms. The second-order valence-corrected chi connectivity index (χ2v) is 6.24. The predicted octanol–water partition coefficient (Wildman–Crippen LogP) is 3.52. The van der Waals surface area contributed by atoms with Gasteiger partial charge in [-0.05, 0) is 31.0 Å². The number of nitrogens with one attached hydrogen (secondary N) is 2. The Morgan fingerprint density at radius 1 is 1.17 bits per heavy atom. The normalized spacial score (nSPS) is 15.6. The fourth-order valence-electron chi connectivity index (χ4n) is 2.80. The second kappa shape index (κ2) is 8.77. The molecule has 1 fully saturated rings. The highest BCUT2D eigenvalue weighted by Crippen LogP contribution is 2.27. The van der Waals surface area contributed by atoms with E-state index in [1.165, 1.54) is 20.0 Å². The number of hydrogen-bond donors (Lipinski definition) is 2. The van der Waals surface area contributed by atoms with E-state index in [4.69, 9.17) is 16.3 Å². The zero-order chi connectivity index (χ0) is 16.7. The lowest BCUT2D eigenvalue weighted by Crippen LogP contribution is -2.36. The number of anilines is 1. The number of hydrogen-bond acceptors (Lipinski definition) is 3. The van der Waals surface area contributed by atoms with Crippen LogP contribution < -0.4 is 15.4 Å². The van der Waals surface area contributed by atoms with Gasteiger partial charge < -0.3 is 15.4 Å². The molecule has 1 aromatic carbocycles. The van der Waals surface area contributed by atoms with Gasteiger partial charge in [0, 0.05) is 11.7 Å². The maximum Gasteiger partial charge on any atom is 0.233 e. The molecule has 0 aliphatic heterocycles. The number of ether oxygens (including phenoxy) is 1. The summed E-state index contributed by atoms with van der Waals surface area (Å²) in [6.45, 7) is 0. The van der Waals surface area contributed by atoms with Crippen molar-refractivity contribution in [2.24, 2.45) is 0 Å². The quantitative estimate of drug-likeness (QED) is 0.637. The van der Waals surface area contributed by atoms with Gasteiger partial charge in [-0.25, -0.2) is 0 Å². The Morgan fingerprint density at radius 2 is 1.87 bits per heavy atom. The minimum absolute atomic E-state index is 0.180. The number of rotatable bonds is 5. The summed E-state index contributed by atoms with van der Waals surface area (Å²) in [6.07, 6.45) is 6.56. The summed E-state index contributed by atoms with van der Waals surface area (Å²) in [5.41, 5.74) is 0.545. The standard InChI is InChI=1S/C17H23ClN2O3/c1-23-15-9-8-13(10-14(15)18)20-17(22)11-16(21)19-12-6-4-2-3-5-7-12/h8-10,12H,2-7,11H2,1H3,(H,19,21)(H,20,22). The number of methoxy groups -OCH3 is 1. The lowest BCUT2D eigenvalue weighted by molar-refractivity contribution is -0.127. The number of carbonyl (C=O) groups is 2. The molecular weight excluding hydrogens is 316 g/mol. The smallest absolute Gasteiger partial charge is 0.233 e. The van der Waals surface area contributed by atoms with Crippen molar-refractivity contribution >= 4 is 29.1 Å². The monoisotopic (exact) mass is 338 g/mol. The molecular formula is C17H23ClN2O3. The number of halogens is 1. The van der Waals surface area contributed by atoms with Crippen LogP contribution in [0.1, 0.15) is 44.9 Å². The van der Waals surface area contributed by atoms with Gasteiger partial charge in [0.15, 0.2) is 0 Å². The Bertz CT molecular complexity index is 555. The Labute approximate surface area is 141 Å². The molecule has 1 aliphatic rings. The van der Waals surface area contributed by atoms with E-state index in [0.29, 0.717) is 16.5 Å². The van der Waals surface area contributed by atoms with Crippen LogP contribution in [-0.4, -0.2) is 25.0 Å². The summed E-state index contributed by atoms with van der Waals surface area (Å²) in [5.74, 6) is -0.0397. The van der Waals surface area contributed by atoms with Crippen LogP contribution >= 0.6 is 11.6 Å². The fourth-order valence-corrected chi connectivity index (χ4v) is 3.06. The van der Waals surface area contributed by atoms with Gasteiger partial charge in [0.1, 0.15) is 12.2 Å². The lowest BCUT2D eigenvalue weighted by Gasteiger charge is -2.16. The average molecular weight is 339 g/mol. The van der Waals surface area contributed by atoms with Crippen molar-refractivity contribution in [3.8, 4) is 5.75 Å². The fraction of sp³-hybridized carbons (Fsp3) is 0.529. The number of carbonyl (C=O) groups excluding carboxylic acids is 2. The molecule has 0 atom stereocenters. The predicted molar refractivity (Wildman–Crippen MR) is 90.9 cm³/mol. The van der Waals surface area contributed by atoms with Gasteiger partial charge in [0.25, 0.3) is 0 Å². The number of benzene rings is 1. The van der Waals surface area contributed by atoms with Gasteiger partial charge >= 0.3 is 0 Å². The summed E-state index contributed by atoms with van der Waals surface area (Å²) >= 11 is 6.01. The molecule has 1 saturated carbocycles. The van der Waals surface area contributed by atoms with E-state index in [0.717, 1.165) is 25.7 Å². The zero-order valence-electron chi connectivity index (χ0n) is 13.4. The van der Waals surface area contributed by atoms with Gasteiger partial charge in [0.05, 0.1) is 12.1 Å². The van der Waals surface area contributed by atoms with E-state index < -0.39 is 0 Å². The molecule has 126 valence electrons. The molecule has 0 saturated heterocycles. The van der Waals surface area contributed by atoms with Crippen LogP contribution in [-0.2, 0) is 9.59 Å². The molecule has 1 aliphatic carbocycles. The van der Waals surface area contributed by atoms with Gasteiger partial charge in [-0.15, -0.1) is 0 Å². The highest BCUT2D eigenvalue weighted by Gasteiger charge is 2.17. The Kier molecular flexibility index (Phi) is 6.71. The molecule has 0 aromatic heterocycles. The van der Waals surface area contributed by atoms with Gasteiger partial charge in [0.2, 0.25) is 11.8 Å². The minimum atomic E-state index is -0.350. The summed E-state index contributed by atoms with van der Waals surface area (Å²) in [6, 6.07) is 5.16. The first-order valence-electron chi connectivity index (χ1n) is 8.01. The Hall–Kier alpha value is -1.75. The highest BCUT2D eigenvalue weighted by molar-refractivity contribution is 6.32. The second-order valence-electron chi connectivity index (χ2n) is 5.83. The molecule has 2 amide bonds. The van der Waals surface area contributed by atoms with Crippen molar-refractivity contribution in [3.05, 3.63) is 23.2 Å². The Morgan fingerprint density at radius 3 is 2.48 bits per heavy atom. The topological polar surface area (TPSA) is 67.4 Å². The maximum atomic E-state index is 12.0. The SMILES string of the molecule is COc1ccc(NC(=O)CC(=O)NC2CCCCCC2)cc1Cl. The molecule has 1 aromatic rings. The molecule has 2 N–H and O–H groups in total. The first-order valence-corrected chi connectivity index (χ1v) is 8.39. The number of amides is 2. The van der Waals surface area contributed by atoms with Crippen molar-refractivity contribution < 1.29 is 14.3 Å². The zero-order valence-corrected chi connectivity index (χ0v) is 14.1. The molecule has 6 heteroatoms. The van der Waals surface area contributed by atoms with Crippen molar-refractivity contribution in [1.29, 1.82) is 0 Å². The van der Waals surface area contributed by atoms with Gasteiger partial charge in [-0.3, -0.25) is 9.59 Å². The van der Waals surface area contributed by atoms with Crippen LogP contribution in [0.5, 0.6) is 5.75 Å². The Balaban J connectivity index is 1.81. The molecule has 0 unspecified atom stereocenters. The van der Waals surface area contributed by atoms with Crippen LogP contribution in [0.2, 0.25) is 5.02 Å². The van der Waals surface area contributed by atoms with E-state index >= 15 is 0 Å². The van der Waals surface area contributed by atoms with E-state index in [2.05, 4.69) is 10.6 Å². The largest absolute Gasteiger partial charge is 0.495 e. The molecule has 0 radical (unpaired) electrons. The summed E-state index contributed by atoms with van der Waals surface area (Å²) in [4.78, 5) is 23.9. The lowest BCUT2D eigenvalue weighted by atomic mass is 10.1. The van der Waals surface area contributed by atoms with Crippen molar-refractivity contribution in [2.75, 3.05) is 12.4 Å². The summed E-state index contributed by atoms with van der Waals surface area (Å²) in [5, 5.41) is 6.04. The maximum absolute atomic E-state index is 12.0.